The smallest absolute Gasteiger partial charge is 0.414 e. The van der Waals surface area contributed by atoms with E-state index in [-0.39, 0.29) is 25.3 Å². The van der Waals surface area contributed by atoms with Gasteiger partial charge in [0.25, 0.3) is 0 Å². The van der Waals surface area contributed by atoms with Crippen molar-refractivity contribution in [3.63, 3.8) is 0 Å². The number of aromatic hydroxyl groups is 1. The highest BCUT2D eigenvalue weighted by molar-refractivity contribution is 5.96. The van der Waals surface area contributed by atoms with Gasteiger partial charge in [-0.05, 0) is 53.9 Å². The largest absolute Gasteiger partial charge is 0.508 e. The SMILES string of the molecule is N[C@]1(C(=O)NCc2ccccc2)COC(=O)N(c2ccc(F)cc2)C1Cc1ccc(O)cc1. The van der Waals surface area contributed by atoms with Crippen LogP contribution in [0.2, 0.25) is 0 Å². The average molecular weight is 449 g/mol. The van der Waals surface area contributed by atoms with E-state index in [4.69, 9.17) is 10.5 Å². The number of phenols is 1. The Kier molecular flexibility index (Phi) is 6.28. The van der Waals surface area contributed by atoms with Crippen molar-refractivity contribution in [1.82, 2.24) is 5.32 Å². The third kappa shape index (κ3) is 4.80. The van der Waals surface area contributed by atoms with Crippen molar-refractivity contribution >= 4 is 17.7 Å². The van der Waals surface area contributed by atoms with Crippen molar-refractivity contribution in [3.05, 3.63) is 95.8 Å². The first-order valence-corrected chi connectivity index (χ1v) is 10.5. The summed E-state index contributed by atoms with van der Waals surface area (Å²) in [7, 11) is 0. The van der Waals surface area contributed by atoms with Crippen molar-refractivity contribution in [1.29, 1.82) is 0 Å². The topological polar surface area (TPSA) is 105 Å². The average Bonchev–Trinajstić information content (AvgIpc) is 2.83. The normalized spacial score (nSPS) is 20.2. The molecular weight excluding hydrogens is 425 g/mol. The number of amides is 2. The number of benzene rings is 3. The van der Waals surface area contributed by atoms with Crippen LogP contribution in [0.3, 0.4) is 0 Å². The van der Waals surface area contributed by atoms with Gasteiger partial charge in [0.05, 0.1) is 6.04 Å². The zero-order valence-electron chi connectivity index (χ0n) is 17.8. The van der Waals surface area contributed by atoms with Gasteiger partial charge >= 0.3 is 6.09 Å². The summed E-state index contributed by atoms with van der Waals surface area (Å²) in [4.78, 5) is 27.4. The van der Waals surface area contributed by atoms with E-state index in [1.807, 2.05) is 30.3 Å². The molecule has 0 bridgehead atoms. The van der Waals surface area contributed by atoms with Gasteiger partial charge in [-0.2, -0.15) is 0 Å². The van der Waals surface area contributed by atoms with E-state index < -0.39 is 29.4 Å². The van der Waals surface area contributed by atoms with E-state index in [1.54, 1.807) is 12.1 Å². The number of nitrogens with two attached hydrogens (primary N) is 1. The number of phenolic OH excluding ortho intramolecular Hbond substituents is 1. The second kappa shape index (κ2) is 9.30. The molecule has 0 radical (unpaired) electrons. The fraction of sp³-hybridized carbons (Fsp3) is 0.200. The highest BCUT2D eigenvalue weighted by atomic mass is 19.1. The molecular formula is C25H24FN3O4. The summed E-state index contributed by atoms with van der Waals surface area (Å²) in [6.07, 6.45) is -0.468. The Morgan fingerprint density at radius 1 is 1.06 bits per heavy atom. The molecule has 1 aliphatic heterocycles. The van der Waals surface area contributed by atoms with Crippen LogP contribution in [0.25, 0.3) is 0 Å². The lowest BCUT2D eigenvalue weighted by atomic mass is 9.83. The van der Waals surface area contributed by atoms with Gasteiger partial charge in [-0.15, -0.1) is 0 Å². The van der Waals surface area contributed by atoms with Gasteiger partial charge in [-0.3, -0.25) is 9.69 Å². The summed E-state index contributed by atoms with van der Waals surface area (Å²) in [5, 5.41) is 12.5. The second-order valence-electron chi connectivity index (χ2n) is 8.00. The van der Waals surface area contributed by atoms with Crippen LogP contribution < -0.4 is 16.0 Å². The number of anilines is 1. The lowest BCUT2D eigenvalue weighted by Crippen LogP contribution is -2.73. The molecule has 1 unspecified atom stereocenters. The molecule has 0 saturated carbocycles. The van der Waals surface area contributed by atoms with Gasteiger partial charge in [-0.1, -0.05) is 42.5 Å². The highest BCUT2D eigenvalue weighted by Crippen LogP contribution is 2.31. The summed E-state index contributed by atoms with van der Waals surface area (Å²) in [5.41, 5.74) is 7.07. The first-order valence-electron chi connectivity index (χ1n) is 10.5. The van der Waals surface area contributed by atoms with E-state index in [1.165, 1.54) is 41.3 Å². The van der Waals surface area contributed by atoms with Crippen LogP contribution in [0.5, 0.6) is 5.75 Å². The molecule has 1 heterocycles. The fourth-order valence-corrected chi connectivity index (χ4v) is 3.88. The van der Waals surface area contributed by atoms with Crippen molar-refractivity contribution in [3.8, 4) is 5.75 Å². The van der Waals surface area contributed by atoms with E-state index >= 15 is 0 Å². The van der Waals surface area contributed by atoms with E-state index in [9.17, 15) is 19.1 Å². The lowest BCUT2D eigenvalue weighted by molar-refractivity contribution is -0.129. The quantitative estimate of drug-likeness (QED) is 0.536. The second-order valence-corrected chi connectivity index (χ2v) is 8.00. The number of halogens is 1. The zero-order valence-corrected chi connectivity index (χ0v) is 17.8. The minimum Gasteiger partial charge on any atom is -0.508 e. The van der Waals surface area contributed by atoms with Crippen LogP contribution in [-0.2, 0) is 22.5 Å². The molecule has 2 atom stereocenters. The van der Waals surface area contributed by atoms with Gasteiger partial charge in [0.2, 0.25) is 5.91 Å². The number of ether oxygens (including phenoxy) is 1. The molecule has 1 aliphatic rings. The molecule has 1 saturated heterocycles. The monoisotopic (exact) mass is 449 g/mol. The Morgan fingerprint density at radius 2 is 1.73 bits per heavy atom. The number of nitrogens with zero attached hydrogens (tertiary/aromatic N) is 1. The molecule has 8 heteroatoms. The van der Waals surface area contributed by atoms with Crippen molar-refractivity contribution in [2.45, 2.75) is 24.5 Å². The van der Waals surface area contributed by atoms with Crippen LogP contribution in [0.15, 0.2) is 78.9 Å². The van der Waals surface area contributed by atoms with Crippen LogP contribution >= 0.6 is 0 Å². The maximum atomic E-state index is 13.5. The molecule has 0 aliphatic carbocycles. The number of carbonyl (C=O) groups is 2. The summed E-state index contributed by atoms with van der Waals surface area (Å²) in [5.74, 6) is -0.842. The maximum Gasteiger partial charge on any atom is 0.414 e. The molecule has 0 spiro atoms. The number of rotatable bonds is 6. The number of carbonyl (C=O) groups excluding carboxylic acids is 2. The van der Waals surface area contributed by atoms with E-state index in [2.05, 4.69) is 5.32 Å². The minimum absolute atomic E-state index is 0.0943. The standard InChI is InChI=1S/C25H24FN3O4/c26-19-8-10-20(11-9-19)29-22(14-17-6-12-21(30)13-7-17)25(27,16-33-24(29)32)23(31)28-15-18-4-2-1-3-5-18/h1-13,22,30H,14-16,27H2,(H,28,31)/t22?,25-/m1/s1. The molecule has 2 amide bonds. The summed E-state index contributed by atoms with van der Waals surface area (Å²) < 4.78 is 18.8. The van der Waals surface area contributed by atoms with Crippen LogP contribution in [0.4, 0.5) is 14.9 Å². The van der Waals surface area contributed by atoms with Crippen molar-refractivity contribution in [2.75, 3.05) is 11.5 Å². The zero-order chi connectivity index (χ0) is 23.4. The van der Waals surface area contributed by atoms with Crippen LogP contribution in [0, 0.1) is 5.82 Å². The summed E-state index contributed by atoms with van der Waals surface area (Å²) >= 11 is 0. The Morgan fingerprint density at radius 3 is 2.39 bits per heavy atom. The molecule has 170 valence electrons. The Hall–Kier alpha value is -3.91. The number of hydrogen-bond donors (Lipinski definition) is 3. The molecule has 0 aromatic heterocycles. The van der Waals surface area contributed by atoms with Crippen LogP contribution in [0.1, 0.15) is 11.1 Å². The third-order valence-corrected chi connectivity index (χ3v) is 5.73. The van der Waals surface area contributed by atoms with Gasteiger partial charge < -0.3 is 20.9 Å². The minimum atomic E-state index is -1.59. The molecule has 4 N–H and O–H groups in total. The molecule has 1 fully saturated rings. The predicted molar refractivity (Wildman–Crippen MR) is 121 cm³/mol. The molecule has 3 aromatic carbocycles. The number of cyclic esters (lactones) is 1. The first kappa shape index (κ1) is 22.3. The van der Waals surface area contributed by atoms with Gasteiger partial charge in [0.1, 0.15) is 18.2 Å². The third-order valence-electron chi connectivity index (χ3n) is 5.73. The molecule has 33 heavy (non-hydrogen) atoms. The molecule has 4 rings (SSSR count). The van der Waals surface area contributed by atoms with Gasteiger partial charge in [0.15, 0.2) is 5.54 Å². The van der Waals surface area contributed by atoms with E-state index in [0.29, 0.717) is 5.69 Å². The Bertz CT molecular complexity index is 1120. The van der Waals surface area contributed by atoms with Crippen molar-refractivity contribution in [2.24, 2.45) is 5.73 Å². The number of hydrogen-bond acceptors (Lipinski definition) is 5. The lowest BCUT2D eigenvalue weighted by Gasteiger charge is -2.45. The summed E-state index contributed by atoms with van der Waals surface area (Å²) in [6, 6.07) is 20.3. The Balaban J connectivity index is 1.68. The summed E-state index contributed by atoms with van der Waals surface area (Å²) in [6.45, 7) is -0.0536. The molecule has 3 aromatic rings. The van der Waals surface area contributed by atoms with Crippen molar-refractivity contribution < 1.29 is 23.8 Å². The van der Waals surface area contributed by atoms with Gasteiger partial charge in [0, 0.05) is 12.2 Å². The van der Waals surface area contributed by atoms with Gasteiger partial charge in [-0.25, -0.2) is 9.18 Å². The number of nitrogens with one attached hydrogen (secondary N) is 1. The maximum absolute atomic E-state index is 13.5. The van der Waals surface area contributed by atoms with E-state index in [0.717, 1.165) is 11.1 Å². The highest BCUT2D eigenvalue weighted by Gasteiger charge is 2.52. The predicted octanol–water partition coefficient (Wildman–Crippen LogP) is 3.11. The Labute approximate surface area is 190 Å². The van der Waals surface area contributed by atoms with Crippen LogP contribution in [-0.4, -0.2) is 35.3 Å². The fourth-order valence-electron chi connectivity index (χ4n) is 3.88. The molecule has 7 nitrogen and oxygen atoms in total. The first-order chi connectivity index (χ1) is 15.9.